The highest BCUT2D eigenvalue weighted by molar-refractivity contribution is 5.88. The molecule has 116 valence electrons. The van der Waals surface area contributed by atoms with E-state index in [1.165, 1.54) is 37.5 Å². The summed E-state index contributed by atoms with van der Waals surface area (Å²) < 4.78 is 5.39. The van der Waals surface area contributed by atoms with Crippen molar-refractivity contribution in [2.45, 2.75) is 45.4 Å². The molecule has 0 spiro atoms. The van der Waals surface area contributed by atoms with Crippen molar-refractivity contribution in [2.75, 3.05) is 6.61 Å². The van der Waals surface area contributed by atoms with Gasteiger partial charge in [-0.1, -0.05) is 39.0 Å². The monoisotopic (exact) mass is 295 g/mol. The smallest absolute Gasteiger partial charge is 0.335 e. The van der Waals surface area contributed by atoms with Crippen molar-refractivity contribution in [1.29, 1.82) is 0 Å². The number of nitro groups is 1. The van der Waals surface area contributed by atoms with Gasteiger partial charge in [-0.25, -0.2) is 4.79 Å². The molecule has 0 aliphatic heterocycles. The number of benzene rings is 1. The molecule has 6 nitrogen and oxygen atoms in total. The standard InChI is InChI=1S/C15H21NO5/c1-2-3-4-5-6-7-10-21-14-11-12(15(17)18)8-9-13(14)16(19)20/h8-9,11H,2-7,10H2,1H3,(H,17,18). The quantitative estimate of drug-likeness (QED) is 0.400. The Kier molecular flexibility index (Phi) is 7.21. The van der Waals surface area contributed by atoms with E-state index in [2.05, 4.69) is 6.92 Å². The summed E-state index contributed by atoms with van der Waals surface area (Å²) in [4.78, 5) is 21.2. The van der Waals surface area contributed by atoms with Crippen LogP contribution in [0.2, 0.25) is 0 Å². The second kappa shape index (κ2) is 8.94. The van der Waals surface area contributed by atoms with Crippen molar-refractivity contribution in [1.82, 2.24) is 0 Å². The summed E-state index contributed by atoms with van der Waals surface area (Å²) in [6.45, 7) is 2.51. The lowest BCUT2D eigenvalue weighted by Crippen LogP contribution is -2.03. The highest BCUT2D eigenvalue weighted by Crippen LogP contribution is 2.28. The Balaban J connectivity index is 2.53. The molecule has 0 saturated carbocycles. The lowest BCUT2D eigenvalue weighted by atomic mass is 10.1. The first-order chi connectivity index (χ1) is 10.1. The zero-order valence-corrected chi connectivity index (χ0v) is 12.2. The van der Waals surface area contributed by atoms with Gasteiger partial charge >= 0.3 is 11.7 Å². The van der Waals surface area contributed by atoms with E-state index in [-0.39, 0.29) is 17.0 Å². The molecule has 6 heteroatoms. The fraction of sp³-hybridized carbons (Fsp3) is 0.533. The average molecular weight is 295 g/mol. The average Bonchev–Trinajstić information content (AvgIpc) is 2.45. The zero-order valence-electron chi connectivity index (χ0n) is 12.2. The molecule has 1 aromatic rings. The Morgan fingerprint density at radius 1 is 1.24 bits per heavy atom. The van der Waals surface area contributed by atoms with E-state index < -0.39 is 10.9 Å². The molecule has 0 unspecified atom stereocenters. The molecule has 0 aliphatic rings. The summed E-state index contributed by atoms with van der Waals surface area (Å²) in [5.41, 5.74) is -0.218. The molecule has 0 aromatic heterocycles. The molecular weight excluding hydrogens is 274 g/mol. The number of carboxylic acids is 1. The van der Waals surface area contributed by atoms with Gasteiger partial charge < -0.3 is 9.84 Å². The Morgan fingerprint density at radius 3 is 2.52 bits per heavy atom. The first-order valence-electron chi connectivity index (χ1n) is 7.20. The largest absolute Gasteiger partial charge is 0.487 e. The minimum absolute atomic E-state index is 0.0152. The second-order valence-corrected chi connectivity index (χ2v) is 4.86. The fourth-order valence-corrected chi connectivity index (χ4v) is 1.98. The summed E-state index contributed by atoms with van der Waals surface area (Å²) in [6.07, 6.45) is 6.52. The first-order valence-corrected chi connectivity index (χ1v) is 7.20. The second-order valence-electron chi connectivity index (χ2n) is 4.86. The minimum atomic E-state index is -1.13. The highest BCUT2D eigenvalue weighted by Gasteiger charge is 2.17. The molecule has 0 bridgehead atoms. The molecule has 21 heavy (non-hydrogen) atoms. The number of hydrogen-bond acceptors (Lipinski definition) is 4. The number of carboxylic acid groups (broad SMARTS) is 1. The predicted octanol–water partition coefficient (Wildman–Crippen LogP) is 4.03. The molecule has 0 heterocycles. The van der Waals surface area contributed by atoms with E-state index in [1.807, 2.05) is 0 Å². The third kappa shape index (κ3) is 5.81. The molecule has 0 amide bonds. The number of hydrogen-bond donors (Lipinski definition) is 1. The van der Waals surface area contributed by atoms with Crippen LogP contribution in [0, 0.1) is 10.1 Å². The Hall–Kier alpha value is -2.11. The number of aromatic carboxylic acids is 1. The number of rotatable bonds is 10. The lowest BCUT2D eigenvalue weighted by Gasteiger charge is -2.07. The number of ether oxygens (including phenoxy) is 1. The molecule has 0 saturated heterocycles. The first kappa shape index (κ1) is 16.9. The van der Waals surface area contributed by atoms with Crippen LogP contribution in [0.15, 0.2) is 18.2 Å². The molecule has 0 atom stereocenters. The molecule has 1 rings (SSSR count). The van der Waals surface area contributed by atoms with Crippen molar-refractivity contribution in [2.24, 2.45) is 0 Å². The topological polar surface area (TPSA) is 89.7 Å². The van der Waals surface area contributed by atoms with Gasteiger partial charge in [-0.15, -0.1) is 0 Å². The van der Waals surface area contributed by atoms with Crippen LogP contribution in [0.1, 0.15) is 55.8 Å². The molecule has 0 fully saturated rings. The van der Waals surface area contributed by atoms with Gasteiger partial charge in [-0.05, 0) is 12.5 Å². The van der Waals surface area contributed by atoms with Gasteiger partial charge in [0.25, 0.3) is 0 Å². The third-order valence-corrected chi connectivity index (χ3v) is 3.16. The summed E-state index contributed by atoms with van der Waals surface area (Å²) in [5, 5.41) is 19.8. The Morgan fingerprint density at radius 2 is 1.90 bits per heavy atom. The maximum absolute atomic E-state index is 10.9. The van der Waals surface area contributed by atoms with Gasteiger partial charge in [0.2, 0.25) is 0 Å². The van der Waals surface area contributed by atoms with Crippen molar-refractivity contribution in [3.8, 4) is 5.75 Å². The van der Waals surface area contributed by atoms with Crippen LogP contribution in [0.4, 0.5) is 5.69 Å². The van der Waals surface area contributed by atoms with Gasteiger partial charge in [0.05, 0.1) is 17.1 Å². The Labute approximate surface area is 123 Å². The van der Waals surface area contributed by atoms with E-state index >= 15 is 0 Å². The van der Waals surface area contributed by atoms with Crippen LogP contribution in [0.5, 0.6) is 5.75 Å². The molecule has 1 N–H and O–H groups in total. The van der Waals surface area contributed by atoms with Crippen molar-refractivity contribution in [3.05, 3.63) is 33.9 Å². The summed E-state index contributed by atoms with van der Waals surface area (Å²) >= 11 is 0. The van der Waals surface area contributed by atoms with Gasteiger partial charge in [-0.2, -0.15) is 0 Å². The van der Waals surface area contributed by atoms with Crippen LogP contribution in [-0.2, 0) is 0 Å². The predicted molar refractivity (Wildman–Crippen MR) is 78.9 cm³/mol. The van der Waals surface area contributed by atoms with Crippen LogP contribution in [0.3, 0.4) is 0 Å². The number of nitro benzene ring substituents is 1. The van der Waals surface area contributed by atoms with Crippen molar-refractivity contribution in [3.63, 3.8) is 0 Å². The van der Waals surface area contributed by atoms with Crippen molar-refractivity contribution >= 4 is 11.7 Å². The minimum Gasteiger partial charge on any atom is -0.487 e. The number of nitrogens with zero attached hydrogens (tertiary/aromatic N) is 1. The number of unbranched alkanes of at least 4 members (excludes halogenated alkanes) is 5. The van der Waals surface area contributed by atoms with Crippen LogP contribution >= 0.6 is 0 Å². The van der Waals surface area contributed by atoms with Crippen LogP contribution < -0.4 is 4.74 Å². The van der Waals surface area contributed by atoms with E-state index in [9.17, 15) is 14.9 Å². The third-order valence-electron chi connectivity index (χ3n) is 3.16. The van der Waals surface area contributed by atoms with E-state index in [0.717, 1.165) is 19.3 Å². The molecule has 0 radical (unpaired) electrons. The zero-order chi connectivity index (χ0) is 15.7. The summed E-state index contributed by atoms with van der Waals surface area (Å²) in [5.74, 6) is -1.11. The van der Waals surface area contributed by atoms with E-state index in [4.69, 9.17) is 9.84 Å². The maximum atomic E-state index is 10.9. The molecule has 1 aromatic carbocycles. The van der Waals surface area contributed by atoms with Crippen molar-refractivity contribution < 1.29 is 19.6 Å². The normalized spacial score (nSPS) is 10.3. The van der Waals surface area contributed by atoms with Gasteiger partial charge in [-0.3, -0.25) is 10.1 Å². The van der Waals surface area contributed by atoms with Gasteiger partial charge in [0.1, 0.15) is 0 Å². The Bertz CT molecular complexity index is 487. The van der Waals surface area contributed by atoms with E-state index in [0.29, 0.717) is 6.61 Å². The molecular formula is C15H21NO5. The lowest BCUT2D eigenvalue weighted by molar-refractivity contribution is -0.385. The van der Waals surface area contributed by atoms with Gasteiger partial charge in [0.15, 0.2) is 5.75 Å². The van der Waals surface area contributed by atoms with E-state index in [1.54, 1.807) is 0 Å². The highest BCUT2D eigenvalue weighted by atomic mass is 16.6. The number of carbonyl (C=O) groups is 1. The fourth-order valence-electron chi connectivity index (χ4n) is 1.98. The summed E-state index contributed by atoms with van der Waals surface area (Å²) in [6, 6.07) is 3.58. The SMILES string of the molecule is CCCCCCCCOc1cc(C(=O)O)ccc1[N+](=O)[O-]. The van der Waals surface area contributed by atoms with Crippen LogP contribution in [0.25, 0.3) is 0 Å². The maximum Gasteiger partial charge on any atom is 0.335 e. The van der Waals surface area contributed by atoms with Crippen LogP contribution in [-0.4, -0.2) is 22.6 Å². The molecule has 0 aliphatic carbocycles. The summed E-state index contributed by atoms with van der Waals surface area (Å²) in [7, 11) is 0. The van der Waals surface area contributed by atoms with Gasteiger partial charge in [0, 0.05) is 12.1 Å².